The topological polar surface area (TPSA) is 30.5 Å². The minimum atomic E-state index is -0.266. The molecule has 2 aromatic rings. The zero-order valence-electron chi connectivity index (χ0n) is 14.2. The summed E-state index contributed by atoms with van der Waals surface area (Å²) in [6.07, 6.45) is 1.05. The number of methoxy groups -OCH3 is 1. The lowest BCUT2D eigenvalue weighted by Gasteiger charge is -2.16. The number of hydrogen-bond donors (Lipinski definition) is 1. The molecule has 5 heteroatoms. The van der Waals surface area contributed by atoms with E-state index in [0.717, 1.165) is 17.5 Å². The van der Waals surface area contributed by atoms with Crippen LogP contribution in [0.4, 0.5) is 4.39 Å². The molecule has 0 aromatic heterocycles. The van der Waals surface area contributed by atoms with Gasteiger partial charge in [0, 0.05) is 23.7 Å². The van der Waals surface area contributed by atoms with Crippen molar-refractivity contribution < 1.29 is 13.9 Å². The molecule has 0 saturated heterocycles. The van der Waals surface area contributed by atoms with Gasteiger partial charge in [0.05, 0.1) is 7.11 Å². The number of nitrogens with one attached hydrogen (secondary N) is 1. The average Bonchev–Trinajstić information content (AvgIpc) is 2.60. The molecule has 0 amide bonds. The summed E-state index contributed by atoms with van der Waals surface area (Å²) in [5.41, 5.74) is 1.83. The number of ether oxygens (including phenoxy) is 2. The predicted octanol–water partition coefficient (Wildman–Crippen LogP) is 4.95. The normalized spacial score (nSPS) is 12.0. The quantitative estimate of drug-likeness (QED) is 0.729. The fourth-order valence-electron chi connectivity index (χ4n) is 2.16. The van der Waals surface area contributed by atoms with Crippen molar-refractivity contribution in [2.75, 3.05) is 7.11 Å². The number of rotatable bonds is 8. The summed E-state index contributed by atoms with van der Waals surface area (Å²) in [7, 11) is 1.60. The van der Waals surface area contributed by atoms with Crippen LogP contribution < -0.4 is 14.8 Å². The molecule has 0 saturated carbocycles. The van der Waals surface area contributed by atoms with Crippen LogP contribution in [0.25, 0.3) is 0 Å². The van der Waals surface area contributed by atoms with Crippen molar-refractivity contribution in [2.45, 2.75) is 39.5 Å². The SMILES string of the molecule is CCC(C)NCc1cc(OC)c(OCc2ccc(F)cc2)cc1Cl. The van der Waals surface area contributed by atoms with Crippen LogP contribution in [0.5, 0.6) is 11.5 Å². The monoisotopic (exact) mass is 351 g/mol. The fourth-order valence-corrected chi connectivity index (χ4v) is 2.38. The third kappa shape index (κ3) is 5.11. The Morgan fingerprint density at radius 2 is 1.88 bits per heavy atom. The first-order chi connectivity index (χ1) is 11.5. The second-order valence-corrected chi connectivity index (χ2v) is 6.11. The zero-order valence-corrected chi connectivity index (χ0v) is 15.0. The van der Waals surface area contributed by atoms with Crippen molar-refractivity contribution in [3.8, 4) is 11.5 Å². The Kier molecular flexibility index (Phi) is 6.88. The van der Waals surface area contributed by atoms with E-state index in [2.05, 4.69) is 19.2 Å². The van der Waals surface area contributed by atoms with E-state index in [1.807, 2.05) is 6.07 Å². The molecular formula is C19H23ClFNO2. The van der Waals surface area contributed by atoms with E-state index in [4.69, 9.17) is 21.1 Å². The highest BCUT2D eigenvalue weighted by Gasteiger charge is 2.11. The third-order valence-electron chi connectivity index (χ3n) is 3.89. The van der Waals surface area contributed by atoms with Crippen LogP contribution in [0.1, 0.15) is 31.4 Å². The molecule has 0 spiro atoms. The average molecular weight is 352 g/mol. The van der Waals surface area contributed by atoms with Gasteiger partial charge in [-0.1, -0.05) is 30.7 Å². The van der Waals surface area contributed by atoms with Crippen LogP contribution in [0.2, 0.25) is 5.02 Å². The molecular weight excluding hydrogens is 329 g/mol. The first-order valence-electron chi connectivity index (χ1n) is 8.00. The van der Waals surface area contributed by atoms with Crippen LogP contribution in [-0.2, 0) is 13.2 Å². The first-order valence-corrected chi connectivity index (χ1v) is 8.38. The summed E-state index contributed by atoms with van der Waals surface area (Å²) < 4.78 is 24.1. The second kappa shape index (κ2) is 8.90. The number of benzene rings is 2. The Morgan fingerprint density at radius 1 is 1.17 bits per heavy atom. The molecule has 0 heterocycles. The van der Waals surface area contributed by atoms with Gasteiger partial charge in [0.2, 0.25) is 0 Å². The summed E-state index contributed by atoms with van der Waals surface area (Å²) >= 11 is 6.36. The molecule has 130 valence electrons. The highest BCUT2D eigenvalue weighted by molar-refractivity contribution is 6.31. The predicted molar refractivity (Wildman–Crippen MR) is 95.3 cm³/mol. The van der Waals surface area contributed by atoms with Gasteiger partial charge in [-0.05, 0) is 42.7 Å². The molecule has 0 fully saturated rings. The Morgan fingerprint density at radius 3 is 2.50 bits per heavy atom. The van der Waals surface area contributed by atoms with Crippen LogP contribution in [-0.4, -0.2) is 13.2 Å². The summed E-state index contributed by atoms with van der Waals surface area (Å²) in [4.78, 5) is 0. The van der Waals surface area contributed by atoms with Crippen molar-refractivity contribution in [3.05, 3.63) is 58.4 Å². The van der Waals surface area contributed by atoms with Gasteiger partial charge in [-0.25, -0.2) is 4.39 Å². The Labute approximate surface area is 147 Å². The van der Waals surface area contributed by atoms with Crippen LogP contribution in [0.15, 0.2) is 36.4 Å². The molecule has 0 aliphatic rings. The number of halogens is 2. The van der Waals surface area contributed by atoms with Gasteiger partial charge in [-0.2, -0.15) is 0 Å². The molecule has 1 unspecified atom stereocenters. The standard InChI is InChI=1S/C19H23ClFNO2/c1-4-13(2)22-11-15-9-18(23-3)19(10-17(15)20)24-12-14-5-7-16(21)8-6-14/h5-10,13,22H,4,11-12H2,1-3H3. The molecule has 1 atom stereocenters. The van der Waals surface area contributed by atoms with E-state index in [9.17, 15) is 4.39 Å². The summed E-state index contributed by atoms with van der Waals surface area (Å²) in [5, 5.41) is 4.03. The highest BCUT2D eigenvalue weighted by Crippen LogP contribution is 2.34. The maximum atomic E-state index is 12.9. The molecule has 3 nitrogen and oxygen atoms in total. The molecule has 1 N–H and O–H groups in total. The van der Waals surface area contributed by atoms with Crippen molar-refractivity contribution in [2.24, 2.45) is 0 Å². The molecule has 2 rings (SSSR count). The number of hydrogen-bond acceptors (Lipinski definition) is 3. The van der Waals surface area contributed by atoms with Crippen molar-refractivity contribution >= 4 is 11.6 Å². The third-order valence-corrected chi connectivity index (χ3v) is 4.25. The van der Waals surface area contributed by atoms with Gasteiger partial charge in [0.15, 0.2) is 11.5 Å². The molecule has 0 aliphatic heterocycles. The van der Waals surface area contributed by atoms with Crippen LogP contribution in [0, 0.1) is 5.82 Å². The minimum absolute atomic E-state index is 0.266. The zero-order chi connectivity index (χ0) is 17.5. The molecule has 2 aromatic carbocycles. The summed E-state index contributed by atoms with van der Waals surface area (Å²) in [5.74, 6) is 0.930. The fraction of sp³-hybridized carbons (Fsp3) is 0.368. The van der Waals surface area contributed by atoms with Gasteiger partial charge in [0.1, 0.15) is 12.4 Å². The van der Waals surface area contributed by atoms with E-state index < -0.39 is 0 Å². The van der Waals surface area contributed by atoms with E-state index in [-0.39, 0.29) is 5.82 Å². The maximum Gasteiger partial charge on any atom is 0.163 e. The Hall–Kier alpha value is -1.78. The molecule has 0 bridgehead atoms. The smallest absolute Gasteiger partial charge is 0.163 e. The van der Waals surface area contributed by atoms with Gasteiger partial charge < -0.3 is 14.8 Å². The van der Waals surface area contributed by atoms with Crippen LogP contribution in [0.3, 0.4) is 0 Å². The Balaban J connectivity index is 2.09. The lowest BCUT2D eigenvalue weighted by atomic mass is 10.1. The van der Waals surface area contributed by atoms with E-state index >= 15 is 0 Å². The van der Waals surface area contributed by atoms with Gasteiger partial charge in [0.25, 0.3) is 0 Å². The molecule has 24 heavy (non-hydrogen) atoms. The van der Waals surface area contributed by atoms with Crippen molar-refractivity contribution in [1.82, 2.24) is 5.32 Å². The lowest BCUT2D eigenvalue weighted by Crippen LogP contribution is -2.24. The van der Waals surface area contributed by atoms with Gasteiger partial charge in [-0.15, -0.1) is 0 Å². The van der Waals surface area contributed by atoms with E-state index in [1.54, 1.807) is 25.3 Å². The van der Waals surface area contributed by atoms with E-state index in [0.29, 0.717) is 35.7 Å². The van der Waals surface area contributed by atoms with Crippen molar-refractivity contribution in [3.63, 3.8) is 0 Å². The van der Waals surface area contributed by atoms with E-state index in [1.165, 1.54) is 12.1 Å². The van der Waals surface area contributed by atoms with Crippen molar-refractivity contribution in [1.29, 1.82) is 0 Å². The Bertz CT molecular complexity index is 661. The minimum Gasteiger partial charge on any atom is -0.493 e. The first kappa shape index (κ1) is 18.6. The van der Waals surface area contributed by atoms with Crippen LogP contribution >= 0.6 is 11.6 Å². The summed E-state index contributed by atoms with van der Waals surface area (Å²) in [6.45, 7) is 5.25. The van der Waals surface area contributed by atoms with Gasteiger partial charge >= 0.3 is 0 Å². The second-order valence-electron chi connectivity index (χ2n) is 5.70. The van der Waals surface area contributed by atoms with Gasteiger partial charge in [-0.3, -0.25) is 0 Å². The maximum absolute atomic E-state index is 12.9. The lowest BCUT2D eigenvalue weighted by molar-refractivity contribution is 0.284. The summed E-state index contributed by atoms with van der Waals surface area (Å²) in [6, 6.07) is 10.3. The highest BCUT2D eigenvalue weighted by atomic mass is 35.5. The molecule has 0 aliphatic carbocycles. The molecule has 0 radical (unpaired) electrons. The largest absolute Gasteiger partial charge is 0.493 e.